The second-order valence-corrected chi connectivity index (χ2v) is 10.1. The molecule has 16 heteroatoms. The summed E-state index contributed by atoms with van der Waals surface area (Å²) in [4.78, 5) is 21.6. The minimum absolute atomic E-state index is 0.0208. The van der Waals surface area contributed by atoms with Gasteiger partial charge in [0.2, 0.25) is 5.78 Å². The van der Waals surface area contributed by atoms with Gasteiger partial charge in [0.25, 0.3) is 5.91 Å². The van der Waals surface area contributed by atoms with Gasteiger partial charge in [0.1, 0.15) is 11.5 Å². The fraction of sp³-hybridized carbons (Fsp3) is 0.364. The van der Waals surface area contributed by atoms with Gasteiger partial charge in [0.15, 0.2) is 0 Å². The lowest BCUT2D eigenvalue weighted by Gasteiger charge is -2.32. The summed E-state index contributed by atoms with van der Waals surface area (Å²) in [7, 11) is -4.78. The highest BCUT2D eigenvalue weighted by Crippen LogP contribution is 2.30. The number of amides is 1. The Morgan fingerprint density at radius 1 is 1.24 bits per heavy atom. The minimum Gasteiger partial charge on any atom is -0.467 e. The molecule has 0 saturated heterocycles. The fourth-order valence-electron chi connectivity index (χ4n) is 3.85. The number of anilines is 1. The first kappa shape index (κ1) is 27.1. The third-order valence-corrected chi connectivity index (χ3v) is 7.18. The summed E-state index contributed by atoms with van der Waals surface area (Å²) in [6.45, 7) is 2.62. The molecule has 3 heterocycles. The molecule has 11 nitrogen and oxygen atoms in total. The average molecular weight is 558 g/mol. The molecule has 0 unspecified atom stereocenters. The van der Waals surface area contributed by atoms with E-state index in [2.05, 4.69) is 20.4 Å². The average Bonchev–Trinajstić information content (AvgIpc) is 3.24. The van der Waals surface area contributed by atoms with Crippen molar-refractivity contribution in [3.8, 4) is 0 Å². The predicted molar refractivity (Wildman–Crippen MR) is 128 cm³/mol. The fourth-order valence-corrected chi connectivity index (χ4v) is 4.74. The third kappa shape index (κ3) is 4.94. The number of carbonyl (C=O) groups excluding carboxylic acids is 1. The largest absolute Gasteiger partial charge is 0.516 e. The zero-order valence-electron chi connectivity index (χ0n) is 20.5. The lowest BCUT2D eigenvalue weighted by atomic mass is 10.1. The Morgan fingerprint density at radius 3 is 2.61 bits per heavy atom. The summed E-state index contributed by atoms with van der Waals surface area (Å²) >= 11 is 0. The summed E-state index contributed by atoms with van der Waals surface area (Å²) in [5, 5.41) is 7.47. The second-order valence-electron chi connectivity index (χ2n) is 8.26. The zero-order chi connectivity index (χ0) is 27.8. The van der Waals surface area contributed by atoms with Crippen LogP contribution in [-0.4, -0.2) is 64.7 Å². The number of nitrogens with zero attached hydrogens (tertiary/aromatic N) is 6. The van der Waals surface area contributed by atoms with Crippen molar-refractivity contribution in [1.29, 1.82) is 0 Å². The molecule has 0 fully saturated rings. The molecular weight excluding hydrogens is 534 g/mol. The third-order valence-electron chi connectivity index (χ3n) is 5.67. The number of hydrazone groups is 1. The van der Waals surface area contributed by atoms with E-state index in [0.717, 1.165) is 23.7 Å². The number of halogens is 4. The number of sulfonamides is 1. The maximum atomic E-state index is 15.0. The Bertz CT molecular complexity index is 1520. The Morgan fingerprint density at radius 2 is 1.97 bits per heavy atom. The molecule has 2 aromatic heterocycles. The number of nitrogens with one attached hydrogen (secondary N) is 1. The molecule has 1 aromatic carbocycles. The van der Waals surface area contributed by atoms with Gasteiger partial charge < -0.3 is 10.1 Å². The van der Waals surface area contributed by atoms with Crippen LogP contribution in [0.5, 0.6) is 0 Å². The van der Waals surface area contributed by atoms with Crippen molar-refractivity contribution in [1.82, 2.24) is 24.0 Å². The van der Waals surface area contributed by atoms with Gasteiger partial charge in [0.05, 0.1) is 31.6 Å². The highest BCUT2D eigenvalue weighted by atomic mass is 32.2. The Balaban J connectivity index is 1.51. The highest BCUT2D eigenvalue weighted by Gasteiger charge is 2.52. The van der Waals surface area contributed by atoms with Crippen LogP contribution in [0.1, 0.15) is 34.2 Å². The van der Waals surface area contributed by atoms with Crippen molar-refractivity contribution in [3.05, 3.63) is 58.9 Å². The van der Waals surface area contributed by atoms with Crippen LogP contribution in [0.4, 0.5) is 23.2 Å². The van der Waals surface area contributed by atoms with E-state index in [9.17, 15) is 30.8 Å². The lowest BCUT2D eigenvalue weighted by Crippen LogP contribution is -2.51. The second kappa shape index (κ2) is 10.1. The number of fused-ring (bicyclic) bond motifs is 1. The summed E-state index contributed by atoms with van der Waals surface area (Å²) in [5.41, 5.74) is -3.56. The number of carbonyl (C=O) groups is 1. The van der Waals surface area contributed by atoms with Gasteiger partial charge in [-0.25, -0.2) is 18.7 Å². The topological polar surface area (TPSA) is 122 Å². The number of alkyl halides is 3. The molecule has 3 aromatic rings. The number of rotatable bonds is 6. The SMILES string of the molecule is CCc1nc2ncc(C)cn2c1C(=O)NCc1ccc(N2CCN(S(=O)(=O)C(F)(F)F)C(OC)=N2)c(F)c1. The van der Waals surface area contributed by atoms with Crippen LogP contribution in [0, 0.1) is 12.7 Å². The normalized spacial score (nSPS) is 14.6. The molecule has 0 saturated carbocycles. The summed E-state index contributed by atoms with van der Waals surface area (Å²) in [6.07, 6.45) is 3.88. The number of aromatic nitrogens is 3. The van der Waals surface area contributed by atoms with Gasteiger partial charge in [0, 0.05) is 18.9 Å². The van der Waals surface area contributed by atoms with Gasteiger partial charge in [-0.1, -0.05) is 13.0 Å². The van der Waals surface area contributed by atoms with E-state index in [1.807, 2.05) is 13.8 Å². The van der Waals surface area contributed by atoms with E-state index in [0.29, 0.717) is 29.1 Å². The highest BCUT2D eigenvalue weighted by molar-refractivity contribution is 7.90. The van der Waals surface area contributed by atoms with Crippen LogP contribution in [0.2, 0.25) is 0 Å². The number of hydrogen-bond donors (Lipinski definition) is 1. The first-order valence-corrected chi connectivity index (χ1v) is 12.7. The number of hydrogen-bond acceptors (Lipinski definition) is 8. The van der Waals surface area contributed by atoms with Crippen LogP contribution in [-0.2, 0) is 27.7 Å². The number of ether oxygens (including phenoxy) is 1. The zero-order valence-corrected chi connectivity index (χ0v) is 21.3. The molecule has 38 heavy (non-hydrogen) atoms. The molecule has 1 amide bonds. The molecule has 204 valence electrons. The number of aryl methyl sites for hydroxylation is 2. The first-order chi connectivity index (χ1) is 17.9. The van der Waals surface area contributed by atoms with Crippen molar-refractivity contribution < 1.29 is 35.5 Å². The molecule has 1 aliphatic heterocycles. The molecule has 0 bridgehead atoms. The van der Waals surface area contributed by atoms with Crippen molar-refractivity contribution in [2.75, 3.05) is 25.2 Å². The number of benzene rings is 1. The number of imidazole rings is 1. The van der Waals surface area contributed by atoms with Crippen molar-refractivity contribution >= 4 is 33.4 Å². The van der Waals surface area contributed by atoms with Crippen molar-refractivity contribution in [3.63, 3.8) is 0 Å². The minimum atomic E-state index is -5.73. The molecule has 0 radical (unpaired) electrons. The molecule has 4 rings (SSSR count). The quantitative estimate of drug-likeness (QED) is 0.463. The molecule has 1 N–H and O–H groups in total. The van der Waals surface area contributed by atoms with Crippen LogP contribution in [0.15, 0.2) is 35.7 Å². The van der Waals surface area contributed by atoms with E-state index in [-0.39, 0.29) is 23.1 Å². The first-order valence-electron chi connectivity index (χ1n) is 11.3. The van der Waals surface area contributed by atoms with Crippen molar-refractivity contribution in [2.24, 2.45) is 5.10 Å². The maximum absolute atomic E-state index is 15.0. The Kier molecular flexibility index (Phi) is 7.18. The number of amidine groups is 1. The molecule has 0 atom stereocenters. The number of methoxy groups -OCH3 is 1. The van der Waals surface area contributed by atoms with Crippen LogP contribution in [0.25, 0.3) is 5.78 Å². The van der Waals surface area contributed by atoms with Crippen molar-refractivity contribution in [2.45, 2.75) is 32.3 Å². The van der Waals surface area contributed by atoms with E-state index >= 15 is 0 Å². The van der Waals surface area contributed by atoms with Gasteiger partial charge in [-0.05, 0) is 36.6 Å². The van der Waals surface area contributed by atoms with Crippen LogP contribution < -0.4 is 10.3 Å². The lowest BCUT2D eigenvalue weighted by molar-refractivity contribution is -0.0477. The van der Waals surface area contributed by atoms with E-state index in [1.54, 1.807) is 16.8 Å². The molecule has 1 aliphatic rings. The van der Waals surface area contributed by atoms with E-state index in [4.69, 9.17) is 4.74 Å². The maximum Gasteiger partial charge on any atom is 0.516 e. The van der Waals surface area contributed by atoms with Crippen LogP contribution in [0.3, 0.4) is 0 Å². The van der Waals surface area contributed by atoms with Gasteiger partial charge >= 0.3 is 21.6 Å². The summed E-state index contributed by atoms with van der Waals surface area (Å²) in [6, 6.07) is 3.10. The summed E-state index contributed by atoms with van der Waals surface area (Å²) in [5.74, 6) is -0.832. The standard InChI is InChI=1S/C22H23F4N7O4S/c1-4-16-18(31-12-13(2)10-28-20(31)29-16)19(34)27-11-14-5-6-17(15(23)9-14)32-7-8-33(21(30-32)37-3)38(35,36)22(24,25)26/h5-6,9-10,12H,4,7-8,11H2,1-3H3,(H,27,34). The molecule has 0 spiro atoms. The van der Waals surface area contributed by atoms with Gasteiger partial charge in [-0.2, -0.15) is 21.6 Å². The Hall–Kier alpha value is -3.95. The monoisotopic (exact) mass is 557 g/mol. The van der Waals surface area contributed by atoms with E-state index in [1.165, 1.54) is 12.1 Å². The summed E-state index contributed by atoms with van der Waals surface area (Å²) < 4.78 is 83.7. The Labute approximate surface area is 214 Å². The molecule has 0 aliphatic carbocycles. The molecular formula is C22H23F4N7O4S. The predicted octanol–water partition coefficient (Wildman–Crippen LogP) is 2.56. The van der Waals surface area contributed by atoms with Crippen LogP contribution >= 0.6 is 0 Å². The van der Waals surface area contributed by atoms with Gasteiger partial charge in [-0.3, -0.25) is 14.2 Å². The smallest absolute Gasteiger partial charge is 0.467 e. The van der Waals surface area contributed by atoms with E-state index < -0.39 is 39.8 Å². The van der Waals surface area contributed by atoms with Gasteiger partial charge in [-0.15, -0.1) is 5.10 Å².